The normalized spacial score (nSPS) is 14.6. The molecule has 7 heteroatoms. The van der Waals surface area contributed by atoms with Crippen molar-refractivity contribution in [2.75, 3.05) is 11.6 Å². The third-order valence-electron chi connectivity index (χ3n) is 5.18. The number of carbonyl (C=O) groups is 2. The first-order chi connectivity index (χ1) is 16.0. The van der Waals surface area contributed by atoms with Gasteiger partial charge in [0.25, 0.3) is 5.91 Å². The van der Waals surface area contributed by atoms with Crippen molar-refractivity contribution < 1.29 is 18.7 Å². The number of hydrogen-bond donors (Lipinski definition) is 0. The Balaban J connectivity index is 1.56. The lowest BCUT2D eigenvalue weighted by atomic mass is 10.1. The van der Waals surface area contributed by atoms with Crippen molar-refractivity contribution in [1.29, 1.82) is 0 Å². The Labute approximate surface area is 197 Å². The number of nitrogens with zero attached hydrogens (tertiary/aromatic N) is 2. The van der Waals surface area contributed by atoms with Crippen LogP contribution in [0.1, 0.15) is 42.8 Å². The Morgan fingerprint density at radius 2 is 1.94 bits per heavy atom. The van der Waals surface area contributed by atoms with Crippen molar-refractivity contribution in [1.82, 2.24) is 0 Å². The summed E-state index contributed by atoms with van der Waals surface area (Å²) in [5.74, 6) is 0.356. The molecule has 0 bridgehead atoms. The summed E-state index contributed by atoms with van der Waals surface area (Å²) in [5, 5.41) is 6.07. The zero-order valence-corrected chi connectivity index (χ0v) is 19.1. The number of para-hydroxylation sites is 1. The third kappa shape index (κ3) is 4.91. The molecular formula is C26H23ClN2O4. The van der Waals surface area contributed by atoms with E-state index in [2.05, 4.69) is 5.10 Å². The predicted octanol–water partition coefficient (Wildman–Crippen LogP) is 6.36. The van der Waals surface area contributed by atoms with Gasteiger partial charge in [0, 0.05) is 5.56 Å². The van der Waals surface area contributed by atoms with Crippen molar-refractivity contribution in [2.24, 2.45) is 5.10 Å². The molecule has 0 saturated heterocycles. The predicted molar refractivity (Wildman–Crippen MR) is 129 cm³/mol. The molecule has 33 heavy (non-hydrogen) atoms. The van der Waals surface area contributed by atoms with E-state index in [0.717, 1.165) is 12.8 Å². The number of carbonyl (C=O) groups excluding carboxylic acids is 2. The van der Waals surface area contributed by atoms with Gasteiger partial charge in [-0.25, -0.2) is 4.79 Å². The smallest absolute Gasteiger partial charge is 0.339 e. The molecular weight excluding hydrogens is 440 g/mol. The van der Waals surface area contributed by atoms with E-state index >= 15 is 0 Å². The zero-order valence-electron chi connectivity index (χ0n) is 18.4. The van der Waals surface area contributed by atoms with Gasteiger partial charge in [-0.3, -0.25) is 4.79 Å². The minimum absolute atomic E-state index is 0.222. The van der Waals surface area contributed by atoms with Crippen LogP contribution in [0.3, 0.4) is 0 Å². The molecule has 1 aliphatic heterocycles. The van der Waals surface area contributed by atoms with Gasteiger partial charge in [0.05, 0.1) is 34.2 Å². The van der Waals surface area contributed by atoms with Crippen LogP contribution < -0.4 is 5.01 Å². The van der Waals surface area contributed by atoms with Crippen molar-refractivity contribution in [3.05, 3.63) is 82.6 Å². The van der Waals surface area contributed by atoms with Crippen LogP contribution in [0.15, 0.2) is 75.8 Å². The molecule has 0 atom stereocenters. The summed E-state index contributed by atoms with van der Waals surface area (Å²) in [6.07, 6.45) is 3.40. The molecule has 1 aliphatic rings. The van der Waals surface area contributed by atoms with Crippen LogP contribution in [-0.2, 0) is 9.53 Å². The van der Waals surface area contributed by atoms with Gasteiger partial charge in [-0.15, -0.1) is 0 Å². The highest BCUT2D eigenvalue weighted by Crippen LogP contribution is 2.30. The molecule has 0 aliphatic carbocycles. The maximum atomic E-state index is 12.9. The molecule has 0 saturated carbocycles. The molecule has 1 aromatic heterocycles. The molecule has 3 aromatic rings. The number of hydrazone groups is 1. The first kappa shape index (κ1) is 22.6. The van der Waals surface area contributed by atoms with Gasteiger partial charge < -0.3 is 9.15 Å². The second-order valence-corrected chi connectivity index (χ2v) is 7.99. The van der Waals surface area contributed by atoms with Crippen molar-refractivity contribution >= 4 is 41.0 Å². The van der Waals surface area contributed by atoms with E-state index in [-0.39, 0.29) is 11.5 Å². The lowest BCUT2D eigenvalue weighted by Gasteiger charge is -2.10. The van der Waals surface area contributed by atoms with Crippen molar-refractivity contribution in [3.8, 4) is 11.3 Å². The van der Waals surface area contributed by atoms with Crippen LogP contribution in [0, 0.1) is 0 Å². The van der Waals surface area contributed by atoms with Gasteiger partial charge in [0.2, 0.25) is 0 Å². The minimum atomic E-state index is -0.464. The molecule has 0 spiro atoms. The zero-order chi connectivity index (χ0) is 23.4. The summed E-state index contributed by atoms with van der Waals surface area (Å²) in [6.45, 7) is 4.16. The number of hydrogen-bond acceptors (Lipinski definition) is 5. The highest BCUT2D eigenvalue weighted by atomic mass is 35.5. The summed E-state index contributed by atoms with van der Waals surface area (Å²) in [6, 6.07) is 17.9. The number of amides is 1. The molecule has 168 valence electrons. The Bertz CT molecular complexity index is 1240. The summed E-state index contributed by atoms with van der Waals surface area (Å²) in [7, 11) is 0. The van der Waals surface area contributed by atoms with Crippen LogP contribution in [0.4, 0.5) is 5.69 Å². The summed E-state index contributed by atoms with van der Waals surface area (Å²) in [5.41, 5.74) is 2.72. The molecule has 6 nitrogen and oxygen atoms in total. The number of unbranched alkanes of at least 4 members (excludes halogenated alkanes) is 1. The number of halogens is 1. The van der Waals surface area contributed by atoms with Gasteiger partial charge in [-0.2, -0.15) is 10.1 Å². The Morgan fingerprint density at radius 3 is 2.70 bits per heavy atom. The van der Waals surface area contributed by atoms with Crippen molar-refractivity contribution in [2.45, 2.75) is 26.7 Å². The lowest BCUT2D eigenvalue weighted by molar-refractivity contribution is -0.114. The Morgan fingerprint density at radius 1 is 1.15 bits per heavy atom. The second-order valence-electron chi connectivity index (χ2n) is 7.58. The molecule has 0 fully saturated rings. The standard InChI is InChI=1S/C26H23ClN2O4/c1-3-4-14-32-26(31)22-15-18(10-12-23(22)27)24-13-11-20(33-24)16-21-17(2)28-29(25(21)30)19-8-6-5-7-9-19/h5-13,15-16H,3-4,14H2,1-2H3/b21-16-. The van der Waals surface area contributed by atoms with Crippen LogP contribution in [0.2, 0.25) is 5.02 Å². The van der Waals surface area contributed by atoms with Gasteiger partial charge in [0.1, 0.15) is 11.5 Å². The SMILES string of the molecule is CCCCOC(=O)c1cc(-c2ccc(/C=C3\C(=O)N(c4ccccc4)N=C3C)o2)ccc1Cl. The minimum Gasteiger partial charge on any atom is -0.462 e. The van der Waals surface area contributed by atoms with E-state index in [1.807, 2.05) is 37.3 Å². The van der Waals surface area contributed by atoms with E-state index in [9.17, 15) is 9.59 Å². The number of rotatable bonds is 7. The molecule has 2 heterocycles. The van der Waals surface area contributed by atoms with Crippen LogP contribution >= 0.6 is 11.6 Å². The third-order valence-corrected chi connectivity index (χ3v) is 5.51. The lowest BCUT2D eigenvalue weighted by Crippen LogP contribution is -2.21. The number of benzene rings is 2. The summed E-state index contributed by atoms with van der Waals surface area (Å²) in [4.78, 5) is 25.3. The Hall–Kier alpha value is -3.64. The molecule has 1 amide bonds. The fraction of sp³-hybridized carbons (Fsp3) is 0.192. The van der Waals surface area contributed by atoms with Gasteiger partial charge in [-0.05, 0) is 61.9 Å². The van der Waals surface area contributed by atoms with E-state index in [0.29, 0.717) is 45.7 Å². The summed E-state index contributed by atoms with van der Waals surface area (Å²) < 4.78 is 11.2. The van der Waals surface area contributed by atoms with Gasteiger partial charge in [-0.1, -0.05) is 43.1 Å². The number of anilines is 1. The van der Waals surface area contributed by atoms with E-state index in [1.165, 1.54) is 5.01 Å². The van der Waals surface area contributed by atoms with E-state index in [4.69, 9.17) is 20.8 Å². The topological polar surface area (TPSA) is 72.1 Å². The monoisotopic (exact) mass is 462 g/mol. The fourth-order valence-corrected chi connectivity index (χ4v) is 3.57. The summed E-state index contributed by atoms with van der Waals surface area (Å²) >= 11 is 6.21. The molecule has 0 radical (unpaired) electrons. The molecule has 0 unspecified atom stereocenters. The maximum Gasteiger partial charge on any atom is 0.339 e. The van der Waals surface area contributed by atoms with Gasteiger partial charge >= 0.3 is 5.97 Å². The Kier molecular flexibility index (Phi) is 6.75. The quantitative estimate of drug-likeness (QED) is 0.232. The number of furan rings is 1. The average molecular weight is 463 g/mol. The molecule has 0 N–H and O–H groups in total. The van der Waals surface area contributed by atoms with Crippen LogP contribution in [0.5, 0.6) is 0 Å². The first-order valence-corrected chi connectivity index (χ1v) is 11.1. The number of esters is 1. The first-order valence-electron chi connectivity index (χ1n) is 10.7. The highest BCUT2D eigenvalue weighted by molar-refractivity contribution is 6.33. The molecule has 2 aromatic carbocycles. The fourth-order valence-electron chi connectivity index (χ4n) is 3.38. The largest absolute Gasteiger partial charge is 0.462 e. The van der Waals surface area contributed by atoms with Gasteiger partial charge in [0.15, 0.2) is 0 Å². The maximum absolute atomic E-state index is 12.9. The van der Waals surface area contributed by atoms with Crippen LogP contribution in [-0.4, -0.2) is 24.2 Å². The van der Waals surface area contributed by atoms with Crippen LogP contribution in [0.25, 0.3) is 17.4 Å². The second kappa shape index (κ2) is 9.88. The molecule has 4 rings (SSSR count). The average Bonchev–Trinajstić information content (AvgIpc) is 3.40. The highest BCUT2D eigenvalue weighted by Gasteiger charge is 2.29. The number of ether oxygens (including phenoxy) is 1. The van der Waals surface area contributed by atoms with E-state index < -0.39 is 5.97 Å². The van der Waals surface area contributed by atoms with E-state index in [1.54, 1.807) is 43.3 Å². The van der Waals surface area contributed by atoms with Crippen molar-refractivity contribution in [3.63, 3.8) is 0 Å².